The molecule has 4 heteroatoms. The van der Waals surface area contributed by atoms with Crippen LogP contribution in [0.15, 0.2) is 24.3 Å². The molecule has 112 valence electrons. The third kappa shape index (κ3) is 3.04. The minimum Gasteiger partial charge on any atom is -0.493 e. The van der Waals surface area contributed by atoms with Gasteiger partial charge in [0.05, 0.1) is 12.7 Å². The summed E-state index contributed by atoms with van der Waals surface area (Å²) in [6.07, 6.45) is 5.12. The van der Waals surface area contributed by atoms with E-state index in [1.165, 1.54) is 5.56 Å². The van der Waals surface area contributed by atoms with E-state index < -0.39 is 0 Å². The average Bonchev–Trinajstić information content (AvgIpc) is 2.56. The van der Waals surface area contributed by atoms with Crippen molar-refractivity contribution < 1.29 is 4.74 Å². The lowest BCUT2D eigenvalue weighted by Gasteiger charge is -2.38. The summed E-state index contributed by atoms with van der Waals surface area (Å²) in [6, 6.07) is 10.9. The van der Waals surface area contributed by atoms with E-state index in [0.29, 0.717) is 5.92 Å². The predicted octanol–water partition coefficient (Wildman–Crippen LogP) is 3.27. The summed E-state index contributed by atoms with van der Waals surface area (Å²) in [5.74, 6) is 1.63. The molecule has 0 spiro atoms. The molecule has 1 aromatic carbocycles. The smallest absolute Gasteiger partial charge is 0.122 e. The minimum absolute atomic E-state index is 0.149. The van der Waals surface area contributed by atoms with E-state index >= 15 is 0 Å². The molecule has 2 aliphatic rings. The van der Waals surface area contributed by atoms with Crippen molar-refractivity contribution >= 4 is 11.8 Å². The van der Waals surface area contributed by atoms with E-state index in [0.717, 1.165) is 51.3 Å². The molecule has 0 aliphatic carbocycles. The third-order valence-corrected chi connectivity index (χ3v) is 6.10. The molecular formula is C17H22N2OS. The van der Waals surface area contributed by atoms with Gasteiger partial charge in [-0.2, -0.15) is 5.26 Å². The van der Waals surface area contributed by atoms with E-state index in [4.69, 9.17) is 4.74 Å². The lowest BCUT2D eigenvalue weighted by Crippen LogP contribution is -2.43. The van der Waals surface area contributed by atoms with Crippen molar-refractivity contribution in [3.63, 3.8) is 0 Å². The maximum atomic E-state index is 9.37. The van der Waals surface area contributed by atoms with E-state index in [-0.39, 0.29) is 4.75 Å². The summed E-state index contributed by atoms with van der Waals surface area (Å²) in [6.45, 7) is 3.99. The normalized spacial score (nSPS) is 24.7. The van der Waals surface area contributed by atoms with Crippen molar-refractivity contribution in [1.29, 1.82) is 5.26 Å². The Kier molecular flexibility index (Phi) is 4.42. The van der Waals surface area contributed by atoms with Crippen LogP contribution in [0.4, 0.5) is 0 Å². The number of nitrogens with zero attached hydrogens (tertiary/aromatic N) is 2. The first-order valence-corrected chi connectivity index (χ1v) is 8.89. The quantitative estimate of drug-likeness (QED) is 0.858. The lowest BCUT2D eigenvalue weighted by molar-refractivity contribution is 0.181. The Labute approximate surface area is 131 Å². The molecule has 3 rings (SSSR count). The fourth-order valence-corrected chi connectivity index (χ4v) is 4.06. The summed E-state index contributed by atoms with van der Waals surface area (Å²) in [5.41, 5.74) is 1.35. The van der Waals surface area contributed by atoms with E-state index in [1.54, 1.807) is 11.8 Å². The lowest BCUT2D eigenvalue weighted by atomic mass is 9.90. The second-order valence-corrected chi connectivity index (χ2v) is 7.17. The van der Waals surface area contributed by atoms with Crippen LogP contribution in [0, 0.1) is 11.3 Å². The molecule has 1 unspecified atom stereocenters. The van der Waals surface area contributed by atoms with Gasteiger partial charge < -0.3 is 9.64 Å². The summed E-state index contributed by atoms with van der Waals surface area (Å²) in [7, 11) is 0. The van der Waals surface area contributed by atoms with Gasteiger partial charge in [-0.15, -0.1) is 11.8 Å². The highest BCUT2D eigenvalue weighted by atomic mass is 32.2. The maximum Gasteiger partial charge on any atom is 0.122 e. The maximum absolute atomic E-state index is 9.37. The number of hydrogen-bond acceptors (Lipinski definition) is 4. The van der Waals surface area contributed by atoms with Crippen LogP contribution in [0.1, 0.15) is 30.7 Å². The number of para-hydroxylation sites is 1. The number of fused-ring (bicyclic) bond motifs is 1. The molecule has 0 aromatic heterocycles. The first kappa shape index (κ1) is 14.7. The predicted molar refractivity (Wildman–Crippen MR) is 86.8 cm³/mol. The van der Waals surface area contributed by atoms with Gasteiger partial charge in [-0.25, -0.2) is 0 Å². The summed E-state index contributed by atoms with van der Waals surface area (Å²) >= 11 is 1.72. The molecule has 0 saturated carbocycles. The van der Waals surface area contributed by atoms with Crippen LogP contribution in [0.3, 0.4) is 0 Å². The molecule has 3 nitrogen and oxygen atoms in total. The molecule has 21 heavy (non-hydrogen) atoms. The Morgan fingerprint density at radius 3 is 2.86 bits per heavy atom. The standard InChI is InChI=1S/C17H22N2OS/c1-21-17(13-18)7-9-19(10-8-17)12-14-6-11-20-16-5-3-2-4-15(14)16/h2-5,14H,6-12H2,1H3. The molecule has 0 N–H and O–H groups in total. The number of piperidine rings is 1. The molecule has 0 radical (unpaired) electrons. The van der Waals surface area contributed by atoms with Crippen LogP contribution < -0.4 is 4.74 Å². The van der Waals surface area contributed by atoms with Crippen molar-refractivity contribution in [1.82, 2.24) is 4.90 Å². The molecule has 2 heterocycles. The van der Waals surface area contributed by atoms with Crippen LogP contribution in [0.25, 0.3) is 0 Å². The molecular weight excluding hydrogens is 280 g/mol. The molecule has 0 amide bonds. The molecule has 2 aliphatic heterocycles. The van der Waals surface area contributed by atoms with Gasteiger partial charge in [0.2, 0.25) is 0 Å². The van der Waals surface area contributed by atoms with Crippen LogP contribution in [0.2, 0.25) is 0 Å². The van der Waals surface area contributed by atoms with Gasteiger partial charge in [0.25, 0.3) is 0 Å². The molecule has 1 aromatic rings. The van der Waals surface area contributed by atoms with Gasteiger partial charge in [-0.1, -0.05) is 18.2 Å². The van der Waals surface area contributed by atoms with Crippen LogP contribution in [0.5, 0.6) is 5.75 Å². The van der Waals surface area contributed by atoms with Crippen LogP contribution >= 0.6 is 11.8 Å². The molecule has 0 bridgehead atoms. The second-order valence-electron chi connectivity index (χ2n) is 5.98. The van der Waals surface area contributed by atoms with Crippen molar-refractivity contribution in [3.05, 3.63) is 29.8 Å². The van der Waals surface area contributed by atoms with E-state index in [9.17, 15) is 5.26 Å². The highest BCUT2D eigenvalue weighted by Crippen LogP contribution is 2.37. The zero-order valence-corrected chi connectivity index (χ0v) is 13.4. The van der Waals surface area contributed by atoms with Gasteiger partial charge in [-0.3, -0.25) is 0 Å². The zero-order valence-electron chi connectivity index (χ0n) is 12.5. The summed E-state index contributed by atoms with van der Waals surface area (Å²) in [5, 5.41) is 9.37. The van der Waals surface area contributed by atoms with Crippen molar-refractivity contribution in [2.24, 2.45) is 0 Å². The highest BCUT2D eigenvalue weighted by molar-refractivity contribution is 8.00. The monoisotopic (exact) mass is 302 g/mol. The van der Waals surface area contributed by atoms with Gasteiger partial charge in [0, 0.05) is 25.6 Å². The van der Waals surface area contributed by atoms with Crippen molar-refractivity contribution in [2.45, 2.75) is 29.9 Å². The minimum atomic E-state index is -0.149. The van der Waals surface area contributed by atoms with Gasteiger partial charge in [0.1, 0.15) is 10.5 Å². The highest BCUT2D eigenvalue weighted by Gasteiger charge is 2.35. The number of thioether (sulfide) groups is 1. The SMILES string of the molecule is CSC1(C#N)CCN(CC2CCOc3ccccc32)CC1. The number of benzene rings is 1. The number of nitriles is 1. The fourth-order valence-electron chi connectivity index (χ4n) is 3.38. The van der Waals surface area contributed by atoms with Crippen LogP contribution in [-0.4, -0.2) is 42.1 Å². The van der Waals surface area contributed by atoms with Crippen LogP contribution in [-0.2, 0) is 0 Å². The Hall–Kier alpha value is -1.18. The first-order valence-electron chi connectivity index (χ1n) is 7.67. The van der Waals surface area contributed by atoms with Crippen molar-refractivity contribution in [3.8, 4) is 11.8 Å². The average molecular weight is 302 g/mol. The number of rotatable bonds is 3. The Morgan fingerprint density at radius 1 is 1.38 bits per heavy atom. The molecule has 1 saturated heterocycles. The number of ether oxygens (including phenoxy) is 1. The second kappa shape index (κ2) is 6.29. The zero-order chi connectivity index (χ0) is 14.7. The largest absolute Gasteiger partial charge is 0.493 e. The molecule has 1 atom stereocenters. The molecule has 1 fully saturated rings. The summed E-state index contributed by atoms with van der Waals surface area (Å²) in [4.78, 5) is 2.53. The van der Waals surface area contributed by atoms with Gasteiger partial charge in [0.15, 0.2) is 0 Å². The number of hydrogen-bond donors (Lipinski definition) is 0. The van der Waals surface area contributed by atoms with E-state index in [1.807, 2.05) is 6.07 Å². The fraction of sp³-hybridized carbons (Fsp3) is 0.588. The summed E-state index contributed by atoms with van der Waals surface area (Å²) < 4.78 is 5.60. The van der Waals surface area contributed by atoms with Gasteiger partial charge in [-0.05, 0) is 37.1 Å². The van der Waals surface area contributed by atoms with Gasteiger partial charge >= 0.3 is 0 Å². The topological polar surface area (TPSA) is 36.3 Å². The van der Waals surface area contributed by atoms with E-state index in [2.05, 4.69) is 35.4 Å². The Balaban J connectivity index is 1.63. The first-order chi connectivity index (χ1) is 10.3. The third-order valence-electron chi connectivity index (χ3n) is 4.82. The Bertz CT molecular complexity index is 532. The van der Waals surface area contributed by atoms with Crippen molar-refractivity contribution in [2.75, 3.05) is 32.5 Å². The Morgan fingerprint density at radius 2 is 2.14 bits per heavy atom. The number of likely N-dealkylation sites (tertiary alicyclic amines) is 1.